The second-order valence-electron chi connectivity index (χ2n) is 7.30. The summed E-state index contributed by atoms with van der Waals surface area (Å²) in [6, 6.07) is 20.7. The van der Waals surface area contributed by atoms with Crippen LogP contribution >= 0.6 is 0 Å². The van der Waals surface area contributed by atoms with Crippen molar-refractivity contribution in [1.29, 1.82) is 0 Å². The Morgan fingerprint density at radius 3 is 2.62 bits per heavy atom. The number of phenolic OH excluding ortho intramolecular Hbond substituents is 1. The van der Waals surface area contributed by atoms with E-state index < -0.39 is 0 Å². The Balaban J connectivity index is 1.47. The largest absolute Gasteiger partial charge is 0.507 e. The number of aromatic hydroxyl groups is 1. The predicted molar refractivity (Wildman–Crippen MR) is 114 cm³/mol. The molecular formula is C24H19N3O2. The van der Waals surface area contributed by atoms with Crippen molar-refractivity contribution in [3.05, 3.63) is 83.6 Å². The van der Waals surface area contributed by atoms with E-state index in [4.69, 9.17) is 4.98 Å². The van der Waals surface area contributed by atoms with Crippen LogP contribution < -0.4 is 5.43 Å². The van der Waals surface area contributed by atoms with Crippen LogP contribution in [0.3, 0.4) is 0 Å². The molecule has 1 aliphatic rings. The SMILES string of the molecule is O=C(N/N=C/c1c(O)ccc2ccccc12)c1cc(C2CC2)nc2ccccc12. The van der Waals surface area contributed by atoms with E-state index in [-0.39, 0.29) is 11.7 Å². The second kappa shape index (κ2) is 7.02. The first kappa shape index (κ1) is 17.4. The zero-order valence-electron chi connectivity index (χ0n) is 15.7. The van der Waals surface area contributed by atoms with Crippen LogP contribution in [0.2, 0.25) is 0 Å². The fourth-order valence-electron chi connectivity index (χ4n) is 3.61. The maximum atomic E-state index is 12.9. The molecule has 5 heteroatoms. The lowest BCUT2D eigenvalue weighted by Gasteiger charge is -2.08. The second-order valence-corrected chi connectivity index (χ2v) is 7.30. The van der Waals surface area contributed by atoms with Crippen LogP contribution in [0.4, 0.5) is 0 Å². The average Bonchev–Trinajstić information content (AvgIpc) is 3.60. The van der Waals surface area contributed by atoms with Crippen LogP contribution in [-0.4, -0.2) is 22.2 Å². The molecule has 0 spiro atoms. The molecule has 0 radical (unpaired) electrons. The Hall–Kier alpha value is -3.73. The fraction of sp³-hybridized carbons (Fsp3) is 0.125. The number of pyridine rings is 1. The fourth-order valence-corrected chi connectivity index (χ4v) is 3.61. The van der Waals surface area contributed by atoms with Gasteiger partial charge in [0.2, 0.25) is 0 Å². The van der Waals surface area contributed by atoms with Gasteiger partial charge in [-0.15, -0.1) is 0 Å². The van der Waals surface area contributed by atoms with Crippen LogP contribution in [0, 0.1) is 0 Å². The summed E-state index contributed by atoms with van der Waals surface area (Å²) in [6.45, 7) is 0. The zero-order valence-corrected chi connectivity index (χ0v) is 15.7. The molecule has 0 unspecified atom stereocenters. The van der Waals surface area contributed by atoms with Gasteiger partial charge in [0.05, 0.1) is 17.3 Å². The third kappa shape index (κ3) is 3.31. The molecule has 29 heavy (non-hydrogen) atoms. The number of rotatable bonds is 4. The van der Waals surface area contributed by atoms with Crippen molar-refractivity contribution < 1.29 is 9.90 Å². The molecule has 1 heterocycles. The van der Waals surface area contributed by atoms with Crippen LogP contribution in [0.25, 0.3) is 21.7 Å². The van der Waals surface area contributed by atoms with Crippen LogP contribution in [0.1, 0.15) is 40.4 Å². The molecule has 1 fully saturated rings. The van der Waals surface area contributed by atoms with E-state index in [9.17, 15) is 9.90 Å². The highest BCUT2D eigenvalue weighted by Crippen LogP contribution is 2.40. The molecule has 0 bridgehead atoms. The monoisotopic (exact) mass is 381 g/mol. The third-order valence-corrected chi connectivity index (χ3v) is 5.28. The van der Waals surface area contributed by atoms with Crippen molar-refractivity contribution in [3.63, 3.8) is 0 Å². The zero-order chi connectivity index (χ0) is 19.8. The first-order valence-corrected chi connectivity index (χ1v) is 9.64. The van der Waals surface area contributed by atoms with E-state index in [1.165, 1.54) is 6.21 Å². The number of hydrazone groups is 1. The van der Waals surface area contributed by atoms with E-state index in [1.807, 2.05) is 60.7 Å². The van der Waals surface area contributed by atoms with E-state index in [1.54, 1.807) is 6.07 Å². The van der Waals surface area contributed by atoms with Gasteiger partial charge in [0.25, 0.3) is 5.91 Å². The molecule has 1 saturated carbocycles. The molecular weight excluding hydrogens is 362 g/mol. The predicted octanol–water partition coefficient (Wildman–Crippen LogP) is 4.73. The van der Waals surface area contributed by atoms with Gasteiger partial charge in [-0.05, 0) is 41.8 Å². The summed E-state index contributed by atoms with van der Waals surface area (Å²) in [6.07, 6.45) is 3.72. The number of carbonyl (C=O) groups excluding carboxylic acids is 1. The average molecular weight is 381 g/mol. The molecule has 0 aliphatic heterocycles. The Morgan fingerprint density at radius 1 is 1.03 bits per heavy atom. The number of phenols is 1. The molecule has 3 aromatic carbocycles. The van der Waals surface area contributed by atoms with Crippen molar-refractivity contribution >= 4 is 33.8 Å². The Morgan fingerprint density at radius 2 is 1.79 bits per heavy atom. The normalized spacial score (nSPS) is 13.9. The van der Waals surface area contributed by atoms with Crippen LogP contribution in [-0.2, 0) is 0 Å². The quantitative estimate of drug-likeness (QED) is 0.396. The number of nitrogens with zero attached hydrogens (tertiary/aromatic N) is 2. The maximum absolute atomic E-state index is 12.9. The standard InChI is InChI=1S/C24H19N3O2/c28-23-12-11-15-5-1-2-6-17(15)20(23)14-25-27-24(29)19-13-22(16-9-10-16)26-21-8-4-3-7-18(19)21/h1-8,11-14,16,28H,9-10H2,(H,27,29)/b25-14+. The number of para-hydroxylation sites is 1. The first-order valence-electron chi connectivity index (χ1n) is 9.64. The van der Waals surface area contributed by atoms with E-state index in [0.717, 1.165) is 40.2 Å². The topological polar surface area (TPSA) is 74.6 Å². The van der Waals surface area contributed by atoms with Gasteiger partial charge < -0.3 is 5.11 Å². The van der Waals surface area contributed by atoms with E-state index in [2.05, 4.69) is 10.5 Å². The smallest absolute Gasteiger partial charge is 0.272 e. The third-order valence-electron chi connectivity index (χ3n) is 5.28. The van der Waals surface area contributed by atoms with Crippen molar-refractivity contribution in [1.82, 2.24) is 10.4 Å². The summed E-state index contributed by atoms with van der Waals surface area (Å²) in [4.78, 5) is 17.6. The van der Waals surface area contributed by atoms with Crippen molar-refractivity contribution in [2.24, 2.45) is 5.10 Å². The Bertz CT molecular complexity index is 1280. The van der Waals surface area contributed by atoms with Gasteiger partial charge >= 0.3 is 0 Å². The van der Waals surface area contributed by atoms with Crippen molar-refractivity contribution in [2.75, 3.05) is 0 Å². The van der Waals surface area contributed by atoms with Gasteiger partial charge in [-0.1, -0.05) is 48.5 Å². The van der Waals surface area contributed by atoms with Gasteiger partial charge in [0.1, 0.15) is 5.75 Å². The molecule has 2 N–H and O–H groups in total. The summed E-state index contributed by atoms with van der Waals surface area (Å²) in [5, 5.41) is 17.0. The Kier molecular flexibility index (Phi) is 4.21. The number of carbonyl (C=O) groups is 1. The number of amides is 1. The minimum Gasteiger partial charge on any atom is -0.507 e. The van der Waals surface area contributed by atoms with Gasteiger partial charge in [-0.3, -0.25) is 9.78 Å². The summed E-state index contributed by atoms with van der Waals surface area (Å²) in [7, 11) is 0. The summed E-state index contributed by atoms with van der Waals surface area (Å²) in [5.74, 6) is 0.274. The molecule has 1 aromatic heterocycles. The van der Waals surface area contributed by atoms with Crippen molar-refractivity contribution in [2.45, 2.75) is 18.8 Å². The molecule has 142 valence electrons. The van der Waals surface area contributed by atoms with Crippen LogP contribution in [0.15, 0.2) is 71.8 Å². The van der Waals surface area contributed by atoms with E-state index >= 15 is 0 Å². The number of aromatic nitrogens is 1. The van der Waals surface area contributed by atoms with Crippen molar-refractivity contribution in [3.8, 4) is 5.75 Å². The van der Waals surface area contributed by atoms with Gasteiger partial charge in [-0.25, -0.2) is 5.43 Å². The number of nitrogens with one attached hydrogen (secondary N) is 1. The lowest BCUT2D eigenvalue weighted by atomic mass is 10.0. The number of hydrogen-bond donors (Lipinski definition) is 2. The lowest BCUT2D eigenvalue weighted by Crippen LogP contribution is -2.18. The molecule has 4 aromatic rings. The number of benzene rings is 3. The maximum Gasteiger partial charge on any atom is 0.272 e. The first-order chi connectivity index (χ1) is 14.2. The van der Waals surface area contributed by atoms with Gasteiger partial charge in [-0.2, -0.15) is 5.10 Å². The summed E-state index contributed by atoms with van der Waals surface area (Å²) >= 11 is 0. The lowest BCUT2D eigenvalue weighted by molar-refractivity contribution is 0.0956. The van der Waals surface area contributed by atoms with Gasteiger partial charge in [0.15, 0.2) is 0 Å². The molecule has 1 aliphatic carbocycles. The Labute approximate surface area is 167 Å². The van der Waals surface area contributed by atoms with Crippen LogP contribution in [0.5, 0.6) is 5.75 Å². The van der Waals surface area contributed by atoms with Gasteiger partial charge in [0, 0.05) is 22.6 Å². The van der Waals surface area contributed by atoms with E-state index in [0.29, 0.717) is 17.0 Å². The minimum atomic E-state index is -0.290. The molecule has 5 rings (SSSR count). The number of hydrogen-bond acceptors (Lipinski definition) is 4. The number of fused-ring (bicyclic) bond motifs is 2. The molecule has 1 amide bonds. The highest BCUT2D eigenvalue weighted by molar-refractivity contribution is 6.07. The molecule has 5 nitrogen and oxygen atoms in total. The summed E-state index contributed by atoms with van der Waals surface area (Å²) < 4.78 is 0. The molecule has 0 saturated heterocycles. The highest BCUT2D eigenvalue weighted by Gasteiger charge is 2.26. The minimum absolute atomic E-state index is 0.118. The molecule has 0 atom stereocenters. The highest BCUT2D eigenvalue weighted by atomic mass is 16.3. The summed E-state index contributed by atoms with van der Waals surface area (Å²) in [5.41, 5.74) is 5.53.